The molecule has 0 aliphatic rings. The molecule has 0 aliphatic heterocycles. The van der Waals surface area contributed by atoms with Crippen LogP contribution in [0, 0.1) is 0 Å². The molecule has 1 unspecified atom stereocenters. The Morgan fingerprint density at radius 3 is 2.46 bits per heavy atom. The van der Waals surface area contributed by atoms with Gasteiger partial charge in [-0.05, 0) is 12.1 Å². The smallest absolute Gasteiger partial charge is 0.347 e. The number of carboxylic acid groups (broad SMARTS) is 1. The first-order valence-corrected chi connectivity index (χ1v) is 3.79. The van der Waals surface area contributed by atoms with E-state index in [4.69, 9.17) is 14.9 Å². The molecule has 1 atom stereocenters. The first-order valence-electron chi connectivity index (χ1n) is 3.79. The van der Waals surface area contributed by atoms with Crippen molar-refractivity contribution in [1.29, 1.82) is 0 Å². The number of aliphatic hydroxyl groups is 1. The van der Waals surface area contributed by atoms with E-state index in [0.29, 0.717) is 5.75 Å². The molecule has 0 spiro atoms. The van der Waals surface area contributed by atoms with Gasteiger partial charge in [0.25, 0.3) is 0 Å². The highest BCUT2D eigenvalue weighted by atomic mass is 16.5. The summed E-state index contributed by atoms with van der Waals surface area (Å²) in [4.78, 5) is 10.4. The van der Waals surface area contributed by atoms with Gasteiger partial charge in [-0.25, -0.2) is 4.79 Å². The number of carbonyl (C=O) groups is 1. The highest BCUT2D eigenvalue weighted by Crippen LogP contribution is 2.10. The van der Waals surface area contributed by atoms with Gasteiger partial charge in [0.05, 0.1) is 6.61 Å². The van der Waals surface area contributed by atoms with Gasteiger partial charge in [0.15, 0.2) is 0 Å². The van der Waals surface area contributed by atoms with E-state index in [9.17, 15) is 4.79 Å². The number of aliphatic hydroxyl groups excluding tert-OH is 1. The van der Waals surface area contributed by atoms with Crippen LogP contribution in [-0.2, 0) is 4.79 Å². The summed E-state index contributed by atoms with van der Waals surface area (Å²) in [6.07, 6.45) is -1.19. The molecule has 0 aliphatic carbocycles. The van der Waals surface area contributed by atoms with Crippen LogP contribution in [0.15, 0.2) is 30.3 Å². The van der Waals surface area contributed by atoms with Gasteiger partial charge in [-0.3, -0.25) is 0 Å². The van der Waals surface area contributed by atoms with Gasteiger partial charge in [-0.1, -0.05) is 18.2 Å². The largest absolute Gasteiger partial charge is 0.478 e. The average Bonchev–Trinajstić information content (AvgIpc) is 2.15. The van der Waals surface area contributed by atoms with Crippen LogP contribution in [0.5, 0.6) is 5.75 Å². The van der Waals surface area contributed by atoms with E-state index < -0.39 is 18.7 Å². The molecule has 1 rings (SSSR count). The lowest BCUT2D eigenvalue weighted by molar-refractivity contribution is -0.146. The molecule has 0 bridgehead atoms. The molecular formula is C9H10O4. The summed E-state index contributed by atoms with van der Waals surface area (Å²) < 4.78 is 4.98. The molecule has 0 saturated carbocycles. The second-order valence-corrected chi connectivity index (χ2v) is 2.44. The Morgan fingerprint density at radius 2 is 2.00 bits per heavy atom. The number of carboxylic acids is 1. The minimum absolute atomic E-state index is 0.434. The summed E-state index contributed by atoms with van der Waals surface area (Å²) in [6.45, 7) is -0.537. The molecule has 4 nitrogen and oxygen atoms in total. The topological polar surface area (TPSA) is 66.8 Å². The molecule has 0 radical (unpaired) electrons. The van der Waals surface area contributed by atoms with E-state index in [1.165, 1.54) is 0 Å². The predicted octanol–water partition coefficient (Wildman–Crippen LogP) is 0.511. The van der Waals surface area contributed by atoms with Gasteiger partial charge in [0.1, 0.15) is 5.75 Å². The zero-order valence-corrected chi connectivity index (χ0v) is 6.88. The molecule has 0 amide bonds. The minimum atomic E-state index is -1.19. The molecule has 2 N–H and O–H groups in total. The average molecular weight is 182 g/mol. The molecule has 0 aromatic heterocycles. The number of rotatable bonds is 4. The fourth-order valence-electron chi connectivity index (χ4n) is 0.829. The van der Waals surface area contributed by atoms with Crippen LogP contribution >= 0.6 is 0 Å². The standard InChI is InChI=1S/C9H10O4/c10-6-8(9(11)12)13-7-4-2-1-3-5-7/h1-5,8,10H,6H2,(H,11,12). The summed E-state index contributed by atoms with van der Waals surface area (Å²) in [5, 5.41) is 17.2. The summed E-state index contributed by atoms with van der Waals surface area (Å²) in [6, 6.07) is 8.51. The molecule has 13 heavy (non-hydrogen) atoms. The first kappa shape index (κ1) is 9.54. The maximum Gasteiger partial charge on any atom is 0.347 e. The molecule has 1 aromatic rings. The van der Waals surface area contributed by atoms with Crippen LogP contribution in [0.3, 0.4) is 0 Å². The van der Waals surface area contributed by atoms with Crippen molar-refractivity contribution in [1.82, 2.24) is 0 Å². The molecule has 70 valence electrons. The first-order chi connectivity index (χ1) is 6.24. The highest BCUT2D eigenvalue weighted by Gasteiger charge is 2.17. The monoisotopic (exact) mass is 182 g/mol. The van der Waals surface area contributed by atoms with Crippen molar-refractivity contribution in [2.24, 2.45) is 0 Å². The molecule has 1 aromatic carbocycles. The Bertz CT molecular complexity index is 270. The van der Waals surface area contributed by atoms with E-state index in [1.54, 1.807) is 30.3 Å². The lowest BCUT2D eigenvalue weighted by atomic mass is 10.3. The summed E-state index contributed by atoms with van der Waals surface area (Å²) >= 11 is 0. The lowest BCUT2D eigenvalue weighted by Gasteiger charge is -2.11. The summed E-state index contributed by atoms with van der Waals surface area (Å²) in [7, 11) is 0. The van der Waals surface area contributed by atoms with Gasteiger partial charge in [0.2, 0.25) is 6.10 Å². The Hall–Kier alpha value is -1.55. The number of ether oxygens (including phenoxy) is 1. The third kappa shape index (κ3) is 2.76. The van der Waals surface area contributed by atoms with Crippen LogP contribution in [0.2, 0.25) is 0 Å². The van der Waals surface area contributed by atoms with Crippen molar-refractivity contribution < 1.29 is 19.7 Å². The Balaban J connectivity index is 2.62. The van der Waals surface area contributed by atoms with Crippen molar-refractivity contribution in [2.45, 2.75) is 6.10 Å². The minimum Gasteiger partial charge on any atom is -0.478 e. The van der Waals surface area contributed by atoms with Crippen LogP contribution in [0.4, 0.5) is 0 Å². The summed E-state index contributed by atoms with van der Waals surface area (Å²) in [5.41, 5.74) is 0. The molecule has 0 heterocycles. The highest BCUT2D eigenvalue weighted by molar-refractivity contribution is 5.72. The van der Waals surface area contributed by atoms with Crippen molar-refractivity contribution >= 4 is 5.97 Å². The van der Waals surface area contributed by atoms with E-state index in [-0.39, 0.29) is 0 Å². The molecule has 0 saturated heterocycles. The molecular weight excluding hydrogens is 172 g/mol. The van der Waals surface area contributed by atoms with E-state index in [0.717, 1.165) is 0 Å². The van der Waals surface area contributed by atoms with Crippen LogP contribution in [0.25, 0.3) is 0 Å². The van der Waals surface area contributed by atoms with Gasteiger partial charge in [-0.2, -0.15) is 0 Å². The number of hydrogen-bond acceptors (Lipinski definition) is 3. The van der Waals surface area contributed by atoms with Crippen molar-refractivity contribution in [3.05, 3.63) is 30.3 Å². The van der Waals surface area contributed by atoms with E-state index in [2.05, 4.69) is 0 Å². The van der Waals surface area contributed by atoms with Crippen LogP contribution in [-0.4, -0.2) is 28.9 Å². The van der Waals surface area contributed by atoms with Gasteiger partial charge >= 0.3 is 5.97 Å². The predicted molar refractivity (Wildman–Crippen MR) is 45.6 cm³/mol. The SMILES string of the molecule is O=C(O)C(CO)Oc1ccccc1. The third-order valence-corrected chi connectivity index (χ3v) is 1.46. The van der Waals surface area contributed by atoms with Crippen molar-refractivity contribution in [3.63, 3.8) is 0 Å². The Morgan fingerprint density at radius 1 is 1.38 bits per heavy atom. The number of benzene rings is 1. The van der Waals surface area contributed by atoms with Gasteiger partial charge in [-0.15, -0.1) is 0 Å². The quantitative estimate of drug-likeness (QED) is 0.712. The van der Waals surface area contributed by atoms with Gasteiger partial charge in [0, 0.05) is 0 Å². The fourth-order valence-corrected chi connectivity index (χ4v) is 0.829. The third-order valence-electron chi connectivity index (χ3n) is 1.46. The van der Waals surface area contributed by atoms with E-state index >= 15 is 0 Å². The number of hydrogen-bond donors (Lipinski definition) is 2. The normalized spacial score (nSPS) is 12.1. The maximum absolute atomic E-state index is 10.4. The van der Waals surface area contributed by atoms with Crippen LogP contribution < -0.4 is 4.74 Å². The fraction of sp³-hybridized carbons (Fsp3) is 0.222. The number of para-hydroxylation sites is 1. The Labute approximate surface area is 75.4 Å². The summed E-state index contributed by atoms with van der Waals surface area (Å²) in [5.74, 6) is -0.740. The molecule has 0 fully saturated rings. The Kier molecular flexibility index (Phi) is 3.28. The lowest BCUT2D eigenvalue weighted by Crippen LogP contribution is -2.30. The maximum atomic E-state index is 10.4. The number of aliphatic carboxylic acids is 1. The van der Waals surface area contributed by atoms with E-state index in [1.807, 2.05) is 0 Å². The van der Waals surface area contributed by atoms with Crippen LogP contribution in [0.1, 0.15) is 0 Å². The van der Waals surface area contributed by atoms with Gasteiger partial charge < -0.3 is 14.9 Å². The zero-order chi connectivity index (χ0) is 9.68. The van der Waals surface area contributed by atoms with Crippen molar-refractivity contribution in [3.8, 4) is 5.75 Å². The van der Waals surface area contributed by atoms with Crippen molar-refractivity contribution in [2.75, 3.05) is 6.61 Å². The molecule has 4 heteroatoms. The zero-order valence-electron chi connectivity index (χ0n) is 6.88. The second-order valence-electron chi connectivity index (χ2n) is 2.44. The second kappa shape index (κ2) is 4.47.